The summed E-state index contributed by atoms with van der Waals surface area (Å²) in [5.41, 5.74) is 4.20. The molecular weight excluding hydrogens is 430 g/mol. The lowest BCUT2D eigenvalue weighted by molar-refractivity contribution is -0.110. The van der Waals surface area contributed by atoms with Crippen LogP contribution in [-0.4, -0.2) is 61.2 Å². The van der Waals surface area contributed by atoms with Crippen LogP contribution in [0.5, 0.6) is 0 Å². The fourth-order valence-corrected chi connectivity index (χ4v) is 4.81. The van der Waals surface area contributed by atoms with Crippen LogP contribution in [0.25, 0.3) is 11.6 Å². The maximum Gasteiger partial charge on any atom is 0.256 e. The Balaban J connectivity index is 1.63. The zero-order chi connectivity index (χ0) is 23.2. The van der Waals surface area contributed by atoms with E-state index in [4.69, 9.17) is 5.14 Å². The number of aromatic amines is 1. The average Bonchev–Trinajstić information content (AvgIpc) is 3.33. The second-order valence-corrected chi connectivity index (χ2v) is 9.60. The SMILES string of the molecule is CCN(CC)CCN1Cc2[nH]c(/C=C3\C(=O)Nc4ccc(S(N)(=O)=O)cc43)c(C)c2C1=O. The summed E-state index contributed by atoms with van der Waals surface area (Å²) in [6.45, 7) is 9.91. The maximum atomic E-state index is 13.0. The minimum Gasteiger partial charge on any atom is -0.357 e. The number of rotatable bonds is 7. The van der Waals surface area contributed by atoms with Crippen molar-refractivity contribution in [3.63, 3.8) is 0 Å². The molecule has 0 radical (unpaired) electrons. The number of aromatic nitrogens is 1. The van der Waals surface area contributed by atoms with Gasteiger partial charge in [0.15, 0.2) is 0 Å². The van der Waals surface area contributed by atoms with Gasteiger partial charge in [0, 0.05) is 35.7 Å². The number of H-pyrrole nitrogens is 1. The van der Waals surface area contributed by atoms with Crippen LogP contribution in [-0.2, 0) is 21.4 Å². The first-order valence-corrected chi connectivity index (χ1v) is 12.1. The molecule has 0 unspecified atom stereocenters. The minimum absolute atomic E-state index is 0.0154. The van der Waals surface area contributed by atoms with Gasteiger partial charge in [-0.3, -0.25) is 9.59 Å². The summed E-state index contributed by atoms with van der Waals surface area (Å²) >= 11 is 0. The third-order valence-electron chi connectivity index (χ3n) is 6.19. The van der Waals surface area contributed by atoms with Crippen molar-refractivity contribution < 1.29 is 18.0 Å². The van der Waals surface area contributed by atoms with E-state index < -0.39 is 10.0 Å². The molecule has 32 heavy (non-hydrogen) atoms. The molecule has 1 aromatic carbocycles. The van der Waals surface area contributed by atoms with Gasteiger partial charge in [0.1, 0.15) is 0 Å². The fraction of sp³-hybridized carbons (Fsp3) is 0.364. The minimum atomic E-state index is -3.90. The molecule has 0 spiro atoms. The summed E-state index contributed by atoms with van der Waals surface area (Å²) in [7, 11) is -3.90. The third-order valence-corrected chi connectivity index (χ3v) is 7.10. The van der Waals surface area contributed by atoms with Gasteiger partial charge in [-0.1, -0.05) is 13.8 Å². The zero-order valence-corrected chi connectivity index (χ0v) is 19.2. The van der Waals surface area contributed by atoms with Crippen LogP contribution >= 0.6 is 0 Å². The Morgan fingerprint density at radius 3 is 2.56 bits per heavy atom. The number of sulfonamides is 1. The largest absolute Gasteiger partial charge is 0.357 e. The second-order valence-electron chi connectivity index (χ2n) is 8.04. The van der Waals surface area contributed by atoms with Gasteiger partial charge >= 0.3 is 0 Å². The Morgan fingerprint density at radius 1 is 1.22 bits per heavy atom. The molecule has 0 saturated heterocycles. The molecule has 1 aromatic heterocycles. The Hall–Kier alpha value is -2.95. The number of hydrogen-bond donors (Lipinski definition) is 3. The molecule has 0 saturated carbocycles. The Labute approximate surface area is 187 Å². The Morgan fingerprint density at radius 2 is 1.94 bits per heavy atom. The number of carbonyl (C=O) groups excluding carboxylic acids is 2. The van der Waals surface area contributed by atoms with Gasteiger partial charge in [-0.2, -0.15) is 0 Å². The number of likely N-dealkylation sites (N-methyl/N-ethyl adjacent to an activating group) is 1. The van der Waals surface area contributed by atoms with Crippen molar-refractivity contribution in [3.8, 4) is 0 Å². The standard InChI is InChI=1S/C22H27N5O4S/c1-4-26(5-2)8-9-27-12-19-20(22(27)29)13(3)18(24-19)11-16-15-10-14(32(23,30)31)6-7-17(15)25-21(16)28/h6-7,10-11,24H,4-5,8-9,12H2,1-3H3,(H,25,28)(H2,23,30,31)/b16-11-. The molecule has 4 rings (SSSR count). The van der Waals surface area contributed by atoms with Gasteiger partial charge in [-0.25, -0.2) is 13.6 Å². The van der Waals surface area contributed by atoms with Crippen LogP contribution < -0.4 is 10.5 Å². The molecule has 0 bridgehead atoms. The molecule has 0 fully saturated rings. The summed E-state index contributed by atoms with van der Waals surface area (Å²) in [4.78, 5) is 32.9. The molecule has 2 aliphatic heterocycles. The van der Waals surface area contributed by atoms with Crippen LogP contribution in [0.4, 0.5) is 5.69 Å². The van der Waals surface area contributed by atoms with Gasteiger partial charge < -0.3 is 20.1 Å². The first-order valence-electron chi connectivity index (χ1n) is 10.6. The highest BCUT2D eigenvalue weighted by atomic mass is 32.2. The lowest BCUT2D eigenvalue weighted by atomic mass is 10.0. The molecule has 0 atom stereocenters. The molecular formula is C22H27N5O4S. The van der Waals surface area contributed by atoms with Crippen molar-refractivity contribution in [1.29, 1.82) is 0 Å². The number of anilines is 1. The molecule has 2 aliphatic rings. The van der Waals surface area contributed by atoms with Crippen molar-refractivity contribution in [3.05, 3.63) is 46.3 Å². The smallest absolute Gasteiger partial charge is 0.256 e. The number of primary sulfonamides is 1. The summed E-state index contributed by atoms with van der Waals surface area (Å²) in [6.07, 6.45) is 1.66. The number of amides is 2. The number of nitrogens with two attached hydrogens (primary N) is 1. The number of nitrogens with zero attached hydrogens (tertiary/aromatic N) is 2. The van der Waals surface area contributed by atoms with Gasteiger partial charge in [-0.15, -0.1) is 0 Å². The van der Waals surface area contributed by atoms with E-state index in [1.807, 2.05) is 11.8 Å². The van der Waals surface area contributed by atoms with E-state index in [2.05, 4.69) is 29.0 Å². The highest BCUT2D eigenvalue weighted by molar-refractivity contribution is 7.89. The van der Waals surface area contributed by atoms with Crippen LogP contribution in [0.3, 0.4) is 0 Å². The van der Waals surface area contributed by atoms with E-state index in [9.17, 15) is 18.0 Å². The molecule has 2 aromatic rings. The number of hydrogen-bond acceptors (Lipinski definition) is 5. The lowest BCUT2D eigenvalue weighted by Crippen LogP contribution is -2.35. The topological polar surface area (TPSA) is 129 Å². The number of fused-ring (bicyclic) bond motifs is 2. The molecule has 170 valence electrons. The van der Waals surface area contributed by atoms with E-state index in [1.165, 1.54) is 18.2 Å². The van der Waals surface area contributed by atoms with Gasteiger partial charge in [0.2, 0.25) is 10.0 Å². The predicted molar refractivity (Wildman–Crippen MR) is 122 cm³/mol. The average molecular weight is 458 g/mol. The van der Waals surface area contributed by atoms with E-state index in [0.29, 0.717) is 41.2 Å². The summed E-state index contributed by atoms with van der Waals surface area (Å²) in [5, 5.41) is 7.97. The van der Waals surface area contributed by atoms with E-state index in [1.54, 1.807) is 6.08 Å². The van der Waals surface area contributed by atoms with Crippen molar-refractivity contribution in [2.75, 3.05) is 31.5 Å². The van der Waals surface area contributed by atoms with Crippen molar-refractivity contribution in [1.82, 2.24) is 14.8 Å². The van der Waals surface area contributed by atoms with Gasteiger partial charge in [0.05, 0.1) is 22.6 Å². The lowest BCUT2D eigenvalue weighted by Gasteiger charge is -2.22. The summed E-state index contributed by atoms with van der Waals surface area (Å²) in [5.74, 6) is -0.355. The molecule has 3 heterocycles. The summed E-state index contributed by atoms with van der Waals surface area (Å²) < 4.78 is 23.5. The molecule has 4 N–H and O–H groups in total. The molecule has 2 amide bonds. The van der Waals surface area contributed by atoms with Gasteiger partial charge in [0.25, 0.3) is 11.8 Å². The Bertz CT molecular complexity index is 1240. The normalized spacial score (nSPS) is 16.8. The quantitative estimate of drug-likeness (QED) is 0.546. The van der Waals surface area contributed by atoms with E-state index in [-0.39, 0.29) is 16.7 Å². The van der Waals surface area contributed by atoms with Crippen molar-refractivity contribution in [2.45, 2.75) is 32.2 Å². The first kappa shape index (κ1) is 22.3. The fourth-order valence-electron chi connectivity index (χ4n) is 4.27. The first-order chi connectivity index (χ1) is 15.1. The van der Waals surface area contributed by atoms with Crippen molar-refractivity contribution >= 4 is 39.2 Å². The number of nitrogens with one attached hydrogen (secondary N) is 2. The van der Waals surface area contributed by atoms with Crippen LogP contribution in [0, 0.1) is 6.92 Å². The van der Waals surface area contributed by atoms with Crippen LogP contribution in [0.1, 0.15) is 46.7 Å². The third kappa shape index (κ3) is 3.85. The van der Waals surface area contributed by atoms with Crippen LogP contribution in [0.15, 0.2) is 23.1 Å². The predicted octanol–water partition coefficient (Wildman–Crippen LogP) is 1.76. The van der Waals surface area contributed by atoms with Crippen molar-refractivity contribution in [2.24, 2.45) is 5.14 Å². The van der Waals surface area contributed by atoms with E-state index in [0.717, 1.165) is 30.9 Å². The van der Waals surface area contributed by atoms with E-state index >= 15 is 0 Å². The van der Waals surface area contributed by atoms with Gasteiger partial charge in [-0.05, 0) is 49.9 Å². The highest BCUT2D eigenvalue weighted by Crippen LogP contribution is 2.36. The zero-order valence-electron chi connectivity index (χ0n) is 18.4. The second kappa shape index (κ2) is 8.19. The highest BCUT2D eigenvalue weighted by Gasteiger charge is 2.33. The number of carbonyl (C=O) groups is 2. The monoisotopic (exact) mass is 457 g/mol. The molecule has 9 nitrogen and oxygen atoms in total. The summed E-state index contributed by atoms with van der Waals surface area (Å²) in [6, 6.07) is 4.27. The Kier molecular flexibility index (Phi) is 5.70. The van der Waals surface area contributed by atoms with Crippen LogP contribution in [0.2, 0.25) is 0 Å². The number of benzene rings is 1. The molecule has 0 aliphatic carbocycles. The molecule has 10 heteroatoms. The maximum absolute atomic E-state index is 13.0.